The van der Waals surface area contributed by atoms with Crippen LogP contribution in [-0.2, 0) is 19.3 Å². The molecule has 0 N–H and O–H groups in total. The summed E-state index contributed by atoms with van der Waals surface area (Å²) in [6, 6.07) is 22.2. The smallest absolute Gasteiger partial charge is 0.120 e. The summed E-state index contributed by atoms with van der Waals surface area (Å²) in [7, 11) is 3.53. The molecule has 218 valence electrons. The minimum atomic E-state index is 0.510. The zero-order valence-electron chi connectivity index (χ0n) is 24.9. The zero-order chi connectivity index (χ0) is 28.0. The molecule has 0 radical (unpaired) electrons. The Morgan fingerprint density at radius 2 is 1.54 bits per heavy atom. The number of aryl methyl sites for hydroxylation is 1. The van der Waals surface area contributed by atoms with Crippen LogP contribution in [0.4, 0.5) is 5.69 Å². The van der Waals surface area contributed by atoms with E-state index in [2.05, 4.69) is 70.5 Å². The van der Waals surface area contributed by atoms with Gasteiger partial charge in [0.15, 0.2) is 0 Å². The molecule has 1 atom stereocenters. The highest BCUT2D eigenvalue weighted by molar-refractivity contribution is 5.60. The van der Waals surface area contributed by atoms with E-state index in [4.69, 9.17) is 14.2 Å². The molecule has 5 heteroatoms. The van der Waals surface area contributed by atoms with Gasteiger partial charge in [-0.1, -0.05) is 24.3 Å². The molecule has 1 saturated heterocycles. The standard InChI is InChI=1S/C36H46N2O3/c1-39-33-14-11-29-23-31(10-9-30(29)24-33)35-16-15-34(40-2)25-36(35)38(26-28-5-6-28)20-17-27-7-12-32(13-8-27)41-22-21-37-18-3-4-19-37/h7-8,11-16,24-25,28,31H,3-6,9-10,17-23,26H2,1-2H3. The molecular weight excluding hydrogens is 508 g/mol. The Kier molecular flexibility index (Phi) is 9.00. The van der Waals surface area contributed by atoms with Crippen LogP contribution in [0.15, 0.2) is 60.7 Å². The van der Waals surface area contributed by atoms with Crippen molar-refractivity contribution in [3.05, 3.63) is 82.9 Å². The van der Waals surface area contributed by atoms with Gasteiger partial charge < -0.3 is 19.1 Å². The molecule has 0 aromatic heterocycles. The quantitative estimate of drug-likeness (QED) is 0.229. The fraction of sp³-hybridized carbons (Fsp3) is 0.500. The van der Waals surface area contributed by atoms with Gasteiger partial charge in [-0.15, -0.1) is 0 Å². The molecule has 1 unspecified atom stereocenters. The topological polar surface area (TPSA) is 34.2 Å². The second-order valence-electron chi connectivity index (χ2n) is 12.2. The van der Waals surface area contributed by atoms with Crippen LogP contribution in [0.25, 0.3) is 0 Å². The Morgan fingerprint density at radius 1 is 0.805 bits per heavy atom. The molecule has 0 amide bonds. The number of fused-ring (bicyclic) bond motifs is 1. The van der Waals surface area contributed by atoms with Crippen LogP contribution in [-0.4, -0.2) is 58.5 Å². The van der Waals surface area contributed by atoms with E-state index in [1.807, 2.05) is 0 Å². The summed E-state index contributed by atoms with van der Waals surface area (Å²) in [5.41, 5.74) is 7.09. The predicted octanol–water partition coefficient (Wildman–Crippen LogP) is 6.91. The predicted molar refractivity (Wildman–Crippen MR) is 167 cm³/mol. The number of anilines is 1. The first-order valence-electron chi connectivity index (χ1n) is 15.7. The maximum absolute atomic E-state index is 6.05. The second-order valence-corrected chi connectivity index (χ2v) is 12.2. The van der Waals surface area contributed by atoms with Gasteiger partial charge in [0.1, 0.15) is 23.9 Å². The van der Waals surface area contributed by atoms with Crippen LogP contribution in [0.2, 0.25) is 0 Å². The van der Waals surface area contributed by atoms with Gasteiger partial charge in [0.05, 0.1) is 14.2 Å². The van der Waals surface area contributed by atoms with Gasteiger partial charge in [-0.25, -0.2) is 0 Å². The minimum Gasteiger partial charge on any atom is -0.497 e. The largest absolute Gasteiger partial charge is 0.497 e. The fourth-order valence-electron chi connectivity index (χ4n) is 6.63. The van der Waals surface area contributed by atoms with Crippen molar-refractivity contribution in [1.82, 2.24) is 4.90 Å². The third-order valence-corrected chi connectivity index (χ3v) is 9.30. The van der Waals surface area contributed by atoms with Crippen LogP contribution in [0.1, 0.15) is 60.3 Å². The number of benzene rings is 3. The Hall–Kier alpha value is -3.18. The molecule has 41 heavy (non-hydrogen) atoms. The van der Waals surface area contributed by atoms with Gasteiger partial charge in [0.2, 0.25) is 0 Å². The van der Waals surface area contributed by atoms with Crippen molar-refractivity contribution in [2.24, 2.45) is 5.92 Å². The molecular formula is C36H46N2O3. The van der Waals surface area contributed by atoms with Crippen LogP contribution < -0.4 is 19.1 Å². The second kappa shape index (κ2) is 13.2. The number of likely N-dealkylation sites (tertiary alicyclic amines) is 1. The molecule has 3 aliphatic rings. The maximum Gasteiger partial charge on any atom is 0.120 e. The summed E-state index contributed by atoms with van der Waals surface area (Å²) < 4.78 is 17.3. The van der Waals surface area contributed by atoms with Crippen molar-refractivity contribution in [3.63, 3.8) is 0 Å². The lowest BCUT2D eigenvalue weighted by atomic mass is 9.79. The van der Waals surface area contributed by atoms with Crippen molar-refractivity contribution in [2.45, 2.75) is 57.3 Å². The van der Waals surface area contributed by atoms with E-state index >= 15 is 0 Å². The van der Waals surface area contributed by atoms with Gasteiger partial charge in [-0.2, -0.15) is 0 Å². The highest BCUT2D eigenvalue weighted by atomic mass is 16.5. The van der Waals surface area contributed by atoms with Gasteiger partial charge >= 0.3 is 0 Å². The SMILES string of the molecule is COc1ccc2c(c1)CCC(c1ccc(OC)cc1N(CCc1ccc(OCCN3CCCC3)cc1)CC1CC1)C2. The van der Waals surface area contributed by atoms with Gasteiger partial charge in [-0.3, -0.25) is 4.90 Å². The number of hydrogen-bond donors (Lipinski definition) is 0. The van der Waals surface area contributed by atoms with E-state index < -0.39 is 0 Å². The number of nitrogens with zero attached hydrogens (tertiary/aromatic N) is 2. The molecule has 1 heterocycles. The van der Waals surface area contributed by atoms with Crippen LogP contribution in [0.3, 0.4) is 0 Å². The highest BCUT2D eigenvalue weighted by Gasteiger charge is 2.29. The van der Waals surface area contributed by atoms with Crippen molar-refractivity contribution in [2.75, 3.05) is 58.5 Å². The highest BCUT2D eigenvalue weighted by Crippen LogP contribution is 2.41. The molecule has 3 aromatic carbocycles. The van der Waals surface area contributed by atoms with E-state index in [1.54, 1.807) is 14.2 Å². The molecule has 0 bridgehead atoms. The van der Waals surface area contributed by atoms with Crippen molar-refractivity contribution < 1.29 is 14.2 Å². The zero-order valence-corrected chi connectivity index (χ0v) is 24.9. The van der Waals surface area contributed by atoms with E-state index in [0.29, 0.717) is 5.92 Å². The van der Waals surface area contributed by atoms with Crippen molar-refractivity contribution in [3.8, 4) is 17.2 Å². The lowest BCUT2D eigenvalue weighted by Gasteiger charge is -2.32. The molecule has 0 spiro atoms. The Balaban J connectivity index is 1.15. The molecule has 1 saturated carbocycles. The molecule has 2 fully saturated rings. The summed E-state index contributed by atoms with van der Waals surface area (Å²) in [5, 5.41) is 0. The third kappa shape index (κ3) is 7.19. The van der Waals surface area contributed by atoms with E-state index in [9.17, 15) is 0 Å². The summed E-state index contributed by atoms with van der Waals surface area (Å²) in [6.07, 6.45) is 9.70. The first-order chi connectivity index (χ1) is 20.2. The fourth-order valence-corrected chi connectivity index (χ4v) is 6.63. The molecule has 6 rings (SSSR count). The minimum absolute atomic E-state index is 0.510. The van der Waals surface area contributed by atoms with Crippen LogP contribution in [0, 0.1) is 5.92 Å². The van der Waals surface area contributed by atoms with Crippen molar-refractivity contribution >= 4 is 5.69 Å². The van der Waals surface area contributed by atoms with E-state index in [0.717, 1.165) is 75.1 Å². The van der Waals surface area contributed by atoms with Gasteiger partial charge in [0, 0.05) is 31.4 Å². The summed E-state index contributed by atoms with van der Waals surface area (Å²) in [6.45, 7) is 6.37. The summed E-state index contributed by atoms with van der Waals surface area (Å²) >= 11 is 0. The molecule has 5 nitrogen and oxygen atoms in total. The van der Waals surface area contributed by atoms with Crippen LogP contribution >= 0.6 is 0 Å². The number of ether oxygens (including phenoxy) is 3. The number of rotatable bonds is 13. The first kappa shape index (κ1) is 28.0. The van der Waals surface area contributed by atoms with E-state index in [1.165, 1.54) is 66.7 Å². The number of hydrogen-bond acceptors (Lipinski definition) is 5. The van der Waals surface area contributed by atoms with Crippen LogP contribution in [0.5, 0.6) is 17.2 Å². The van der Waals surface area contributed by atoms with Gasteiger partial charge in [0.25, 0.3) is 0 Å². The maximum atomic E-state index is 6.05. The van der Waals surface area contributed by atoms with Gasteiger partial charge in [-0.05, 0) is 129 Å². The van der Waals surface area contributed by atoms with Crippen molar-refractivity contribution in [1.29, 1.82) is 0 Å². The Morgan fingerprint density at radius 3 is 2.29 bits per heavy atom. The normalized spacial score (nSPS) is 18.6. The van der Waals surface area contributed by atoms with E-state index in [-0.39, 0.29) is 0 Å². The first-order valence-corrected chi connectivity index (χ1v) is 15.7. The average Bonchev–Trinajstić information content (AvgIpc) is 3.69. The molecule has 1 aliphatic heterocycles. The Bertz CT molecular complexity index is 1280. The lowest BCUT2D eigenvalue weighted by molar-refractivity contribution is 0.238. The average molecular weight is 555 g/mol. The molecule has 3 aromatic rings. The number of methoxy groups -OCH3 is 2. The summed E-state index contributed by atoms with van der Waals surface area (Å²) in [5.74, 6) is 4.20. The third-order valence-electron chi connectivity index (χ3n) is 9.30. The monoisotopic (exact) mass is 554 g/mol. The lowest BCUT2D eigenvalue weighted by Crippen LogP contribution is -2.30. The summed E-state index contributed by atoms with van der Waals surface area (Å²) in [4.78, 5) is 5.15. The Labute approximate surface area is 246 Å². The molecule has 2 aliphatic carbocycles.